The summed E-state index contributed by atoms with van der Waals surface area (Å²) in [7, 11) is 0.172. The van der Waals surface area contributed by atoms with Crippen LogP contribution >= 0.6 is 0 Å². The summed E-state index contributed by atoms with van der Waals surface area (Å²) in [5.41, 5.74) is -0.998. The smallest absolute Gasteiger partial charge is 0.326 e. The summed E-state index contributed by atoms with van der Waals surface area (Å²) in [4.78, 5) is 27.3. The van der Waals surface area contributed by atoms with Crippen molar-refractivity contribution in [1.82, 2.24) is 0 Å². The van der Waals surface area contributed by atoms with E-state index in [1.807, 2.05) is 60.7 Å². The molecule has 1 saturated carbocycles. The molecule has 0 heterocycles. The van der Waals surface area contributed by atoms with Crippen molar-refractivity contribution in [3.05, 3.63) is 71.8 Å². The third-order valence-electron chi connectivity index (χ3n) is 7.59. The minimum Gasteiger partial charge on any atom is -0.468 e. The predicted molar refractivity (Wildman–Crippen MR) is 131 cm³/mol. The summed E-state index contributed by atoms with van der Waals surface area (Å²) in [6.07, 6.45) is 0.720. The minimum absolute atomic E-state index is 0.0885. The Bertz CT molecular complexity index is 965. The summed E-state index contributed by atoms with van der Waals surface area (Å²) in [6, 6.07) is 19.6. The van der Waals surface area contributed by atoms with E-state index in [1.54, 1.807) is 0 Å². The standard InChI is InChI=1S/C27H36O5Si/c1-25(2,3)33(6,7)32-27(22-16-12-9-13-17-22)19-21(20-14-10-8-11-15-20)18-26(27,23(28)30-4)24(29)31-5/h8-17,21H,18-19H2,1-7H3/t21-,27-/m1/s1. The van der Waals surface area contributed by atoms with E-state index in [0.29, 0.717) is 6.42 Å². The van der Waals surface area contributed by atoms with Gasteiger partial charge in [0.05, 0.1) is 14.2 Å². The number of carbonyl (C=O) groups is 2. The van der Waals surface area contributed by atoms with Gasteiger partial charge in [-0.15, -0.1) is 0 Å². The van der Waals surface area contributed by atoms with Gasteiger partial charge in [-0.1, -0.05) is 81.4 Å². The van der Waals surface area contributed by atoms with Crippen LogP contribution in [0.3, 0.4) is 0 Å². The number of hydrogen-bond donors (Lipinski definition) is 0. The van der Waals surface area contributed by atoms with Crippen molar-refractivity contribution >= 4 is 20.3 Å². The maximum absolute atomic E-state index is 13.7. The third kappa shape index (κ3) is 4.15. The van der Waals surface area contributed by atoms with Crippen molar-refractivity contribution in [1.29, 1.82) is 0 Å². The molecular weight excluding hydrogens is 432 g/mol. The number of esters is 2. The molecule has 6 heteroatoms. The molecule has 3 rings (SSSR count). The van der Waals surface area contributed by atoms with E-state index >= 15 is 0 Å². The summed E-state index contributed by atoms with van der Waals surface area (Å²) in [6.45, 7) is 10.7. The number of benzene rings is 2. The van der Waals surface area contributed by atoms with Crippen molar-refractivity contribution in [2.75, 3.05) is 14.2 Å². The minimum atomic E-state index is -2.48. The average molecular weight is 469 g/mol. The van der Waals surface area contributed by atoms with Crippen molar-refractivity contribution in [3.8, 4) is 0 Å². The molecule has 178 valence electrons. The van der Waals surface area contributed by atoms with E-state index in [9.17, 15) is 9.59 Å². The fourth-order valence-electron chi connectivity index (χ4n) is 4.86. The Morgan fingerprint density at radius 3 is 1.79 bits per heavy atom. The average Bonchev–Trinajstić information content (AvgIpc) is 3.14. The van der Waals surface area contributed by atoms with Crippen molar-refractivity contribution < 1.29 is 23.5 Å². The van der Waals surface area contributed by atoms with Gasteiger partial charge in [-0.05, 0) is 48.0 Å². The van der Waals surface area contributed by atoms with Gasteiger partial charge in [0.1, 0.15) is 5.60 Å². The molecule has 0 aromatic heterocycles. The van der Waals surface area contributed by atoms with E-state index in [2.05, 4.69) is 33.9 Å². The van der Waals surface area contributed by atoms with Gasteiger partial charge >= 0.3 is 11.9 Å². The number of methoxy groups -OCH3 is 2. The summed E-state index contributed by atoms with van der Waals surface area (Å²) < 4.78 is 17.8. The normalized spacial score (nSPS) is 22.6. The lowest BCUT2D eigenvalue weighted by atomic mass is 9.70. The number of hydrogen-bond acceptors (Lipinski definition) is 5. The molecule has 2 aromatic carbocycles. The summed E-state index contributed by atoms with van der Waals surface area (Å²) in [5.74, 6) is -1.32. The maximum atomic E-state index is 13.7. The lowest BCUT2D eigenvalue weighted by Crippen LogP contribution is -2.60. The summed E-state index contributed by atoms with van der Waals surface area (Å²) in [5, 5.41) is -0.141. The van der Waals surface area contributed by atoms with Gasteiger partial charge in [-0.2, -0.15) is 0 Å². The second-order valence-electron chi connectivity index (χ2n) is 10.5. The molecule has 0 radical (unpaired) electrons. The highest BCUT2D eigenvalue weighted by atomic mass is 28.4. The maximum Gasteiger partial charge on any atom is 0.326 e. The molecule has 5 nitrogen and oxygen atoms in total. The quantitative estimate of drug-likeness (QED) is 0.304. The van der Waals surface area contributed by atoms with E-state index < -0.39 is 31.3 Å². The second-order valence-corrected chi connectivity index (χ2v) is 15.2. The fraction of sp³-hybridized carbons (Fsp3) is 0.481. The first-order chi connectivity index (χ1) is 15.4. The highest BCUT2D eigenvalue weighted by molar-refractivity contribution is 6.74. The Balaban J connectivity index is 2.36. The molecule has 0 unspecified atom stereocenters. The molecule has 1 aliphatic carbocycles. The zero-order chi connectivity index (χ0) is 24.5. The molecular formula is C27H36O5Si. The van der Waals surface area contributed by atoms with Gasteiger partial charge in [0.25, 0.3) is 0 Å². The van der Waals surface area contributed by atoms with Crippen LogP contribution in [-0.2, 0) is 29.1 Å². The van der Waals surface area contributed by atoms with Crippen LogP contribution in [0.15, 0.2) is 60.7 Å². The molecule has 2 aromatic rings. The lowest BCUT2D eigenvalue weighted by Gasteiger charge is -2.49. The first-order valence-corrected chi connectivity index (χ1v) is 14.3. The van der Waals surface area contributed by atoms with Gasteiger partial charge in [0.2, 0.25) is 0 Å². The first-order valence-electron chi connectivity index (χ1n) is 11.4. The Kier molecular flexibility index (Phi) is 6.92. The van der Waals surface area contributed by atoms with Gasteiger partial charge in [-0.25, -0.2) is 0 Å². The molecule has 0 aliphatic heterocycles. The van der Waals surface area contributed by atoms with Crippen LogP contribution < -0.4 is 0 Å². The van der Waals surface area contributed by atoms with Crippen molar-refractivity contribution in [2.45, 2.75) is 63.3 Å². The van der Waals surface area contributed by atoms with Crippen LogP contribution in [0.1, 0.15) is 50.7 Å². The second kappa shape index (κ2) is 9.07. The SMILES string of the molecule is COC(=O)C1(C(=O)OC)C[C@@H](c2ccccc2)C[C@@]1(O[Si](C)(C)C(C)(C)C)c1ccccc1. The van der Waals surface area contributed by atoms with E-state index in [-0.39, 0.29) is 17.4 Å². The third-order valence-corrected chi connectivity index (χ3v) is 12.1. The molecule has 33 heavy (non-hydrogen) atoms. The Morgan fingerprint density at radius 1 is 0.848 bits per heavy atom. The number of ether oxygens (including phenoxy) is 2. The molecule has 0 bridgehead atoms. The molecule has 2 atom stereocenters. The molecule has 0 spiro atoms. The van der Waals surface area contributed by atoms with Gasteiger partial charge in [0, 0.05) is 0 Å². The van der Waals surface area contributed by atoms with Crippen LogP contribution in [0.4, 0.5) is 0 Å². The predicted octanol–water partition coefficient (Wildman–Crippen LogP) is 5.81. The lowest BCUT2D eigenvalue weighted by molar-refractivity contribution is -0.186. The van der Waals surface area contributed by atoms with Crippen LogP contribution in [-0.4, -0.2) is 34.5 Å². The zero-order valence-electron chi connectivity index (χ0n) is 20.8. The Hall–Kier alpha value is -2.44. The highest BCUT2D eigenvalue weighted by Gasteiger charge is 2.71. The van der Waals surface area contributed by atoms with Gasteiger partial charge < -0.3 is 13.9 Å². The van der Waals surface area contributed by atoms with E-state index in [0.717, 1.165) is 11.1 Å². The van der Waals surface area contributed by atoms with Crippen LogP contribution in [0.5, 0.6) is 0 Å². The van der Waals surface area contributed by atoms with Crippen LogP contribution in [0.25, 0.3) is 0 Å². The van der Waals surface area contributed by atoms with Gasteiger partial charge in [-0.3, -0.25) is 9.59 Å². The molecule has 0 amide bonds. The largest absolute Gasteiger partial charge is 0.468 e. The monoisotopic (exact) mass is 468 g/mol. The Labute approximate surface area is 198 Å². The molecule has 1 aliphatic rings. The topological polar surface area (TPSA) is 61.8 Å². The number of rotatable bonds is 6. The Morgan fingerprint density at radius 2 is 1.33 bits per heavy atom. The van der Waals surface area contributed by atoms with Crippen molar-refractivity contribution in [3.63, 3.8) is 0 Å². The highest BCUT2D eigenvalue weighted by Crippen LogP contribution is 2.63. The van der Waals surface area contributed by atoms with E-state index in [4.69, 9.17) is 13.9 Å². The summed E-state index contributed by atoms with van der Waals surface area (Å²) >= 11 is 0. The van der Waals surface area contributed by atoms with Gasteiger partial charge in [0.15, 0.2) is 13.7 Å². The van der Waals surface area contributed by atoms with Crippen LogP contribution in [0.2, 0.25) is 18.1 Å². The van der Waals surface area contributed by atoms with Crippen molar-refractivity contribution in [2.24, 2.45) is 5.41 Å². The van der Waals surface area contributed by atoms with E-state index in [1.165, 1.54) is 14.2 Å². The molecule has 0 saturated heterocycles. The fourth-order valence-corrected chi connectivity index (χ4v) is 6.42. The molecule has 1 fully saturated rings. The number of carbonyl (C=O) groups excluding carboxylic acids is 2. The van der Waals surface area contributed by atoms with Crippen LogP contribution in [0, 0.1) is 5.41 Å². The molecule has 0 N–H and O–H groups in total. The first kappa shape index (κ1) is 25.2. The zero-order valence-corrected chi connectivity index (χ0v) is 21.8.